The second-order valence-electron chi connectivity index (χ2n) is 4.94. The number of benzene rings is 1. The summed E-state index contributed by atoms with van der Waals surface area (Å²) in [7, 11) is 0. The van der Waals surface area contributed by atoms with Crippen LogP contribution in [0.5, 0.6) is 5.75 Å². The van der Waals surface area contributed by atoms with Crippen molar-refractivity contribution in [2.24, 2.45) is 0 Å². The number of alkyl halides is 3. The highest BCUT2D eigenvalue weighted by molar-refractivity contribution is 5.77. The molecule has 2 rings (SSSR count). The lowest BCUT2D eigenvalue weighted by Gasteiger charge is -2.19. The molecule has 1 unspecified atom stereocenters. The number of carbonyl (C=O) groups excluding carboxylic acids is 1. The van der Waals surface area contributed by atoms with Crippen LogP contribution >= 0.6 is 0 Å². The number of nitrogens with one attached hydrogen (secondary N) is 2. The van der Waals surface area contributed by atoms with Crippen molar-refractivity contribution in [1.29, 1.82) is 0 Å². The second kappa shape index (κ2) is 6.69. The highest BCUT2D eigenvalue weighted by Gasteiger charge is 2.29. The van der Waals surface area contributed by atoms with Crippen LogP contribution in [0.4, 0.5) is 18.9 Å². The molecule has 1 heterocycles. The molecule has 1 amide bonds. The molecular weight excluding hydrogens is 285 g/mol. The van der Waals surface area contributed by atoms with E-state index in [0.717, 1.165) is 12.8 Å². The van der Waals surface area contributed by atoms with Crippen LogP contribution in [0.25, 0.3) is 0 Å². The molecule has 1 aliphatic heterocycles. The van der Waals surface area contributed by atoms with E-state index in [4.69, 9.17) is 4.74 Å². The van der Waals surface area contributed by atoms with E-state index in [1.807, 2.05) is 0 Å². The zero-order valence-corrected chi connectivity index (χ0v) is 11.4. The molecule has 1 aliphatic rings. The van der Waals surface area contributed by atoms with Gasteiger partial charge in [-0.15, -0.1) is 0 Å². The molecule has 0 saturated carbocycles. The van der Waals surface area contributed by atoms with Gasteiger partial charge in [-0.25, -0.2) is 0 Å². The molecule has 0 radical (unpaired) electrons. The van der Waals surface area contributed by atoms with E-state index >= 15 is 0 Å². The quantitative estimate of drug-likeness (QED) is 0.899. The summed E-state index contributed by atoms with van der Waals surface area (Å²) in [4.78, 5) is 11.5. The number of ether oxygens (including phenoxy) is 1. The first kappa shape index (κ1) is 15.5. The highest BCUT2D eigenvalue weighted by atomic mass is 19.4. The molecule has 7 heteroatoms. The highest BCUT2D eigenvalue weighted by Crippen LogP contribution is 2.28. The number of para-hydroxylation sites is 2. The van der Waals surface area contributed by atoms with Gasteiger partial charge >= 0.3 is 6.18 Å². The van der Waals surface area contributed by atoms with Crippen LogP contribution in [-0.2, 0) is 4.79 Å². The predicted octanol–water partition coefficient (Wildman–Crippen LogP) is 2.71. The van der Waals surface area contributed by atoms with E-state index in [2.05, 4.69) is 10.6 Å². The molecule has 2 N–H and O–H groups in total. The average Bonchev–Trinajstić information content (AvgIpc) is 2.61. The van der Waals surface area contributed by atoms with E-state index < -0.39 is 12.8 Å². The third-order valence-electron chi connectivity index (χ3n) is 3.12. The Hall–Kier alpha value is -1.92. The van der Waals surface area contributed by atoms with Crippen molar-refractivity contribution in [3.05, 3.63) is 24.3 Å². The Bertz CT molecular complexity index is 491. The summed E-state index contributed by atoms with van der Waals surface area (Å²) in [6.45, 7) is -0.708. The molecule has 1 aromatic carbocycles. The Morgan fingerprint density at radius 3 is 2.86 bits per heavy atom. The van der Waals surface area contributed by atoms with Gasteiger partial charge in [-0.2, -0.15) is 13.2 Å². The van der Waals surface area contributed by atoms with Crippen LogP contribution in [0.3, 0.4) is 0 Å². The summed E-state index contributed by atoms with van der Waals surface area (Å²) >= 11 is 0. The topological polar surface area (TPSA) is 50.4 Å². The van der Waals surface area contributed by atoms with Crippen molar-refractivity contribution in [3.8, 4) is 5.75 Å². The van der Waals surface area contributed by atoms with Gasteiger partial charge in [0.05, 0.1) is 5.69 Å². The summed E-state index contributed by atoms with van der Waals surface area (Å²) in [5.74, 6) is 0.0816. The predicted molar refractivity (Wildman–Crippen MR) is 72.3 cm³/mol. The Morgan fingerprint density at radius 2 is 2.10 bits per heavy atom. The minimum absolute atomic E-state index is 0.0568. The molecule has 1 aromatic rings. The lowest BCUT2D eigenvalue weighted by atomic mass is 10.1. The standard InChI is InChI=1S/C14H17F3N2O2/c15-14(16,17)9-21-12-6-2-1-5-11(12)19-10-4-3-7-18-13(20)8-10/h1-2,5-6,10,19H,3-4,7-9H2,(H,18,20). The fraction of sp³-hybridized carbons (Fsp3) is 0.500. The molecule has 1 fully saturated rings. The third-order valence-corrected chi connectivity index (χ3v) is 3.12. The summed E-state index contributed by atoms with van der Waals surface area (Å²) < 4.78 is 41.5. The Labute approximate surface area is 120 Å². The average molecular weight is 302 g/mol. The molecular formula is C14H17F3N2O2. The first-order valence-electron chi connectivity index (χ1n) is 6.76. The maximum absolute atomic E-state index is 12.2. The Kier molecular flexibility index (Phi) is 4.93. The molecule has 0 spiro atoms. The lowest BCUT2D eigenvalue weighted by Crippen LogP contribution is -2.27. The maximum atomic E-state index is 12.2. The summed E-state index contributed by atoms with van der Waals surface area (Å²) in [5.41, 5.74) is 0.474. The molecule has 0 aliphatic carbocycles. The first-order chi connectivity index (χ1) is 9.94. The van der Waals surface area contributed by atoms with E-state index in [9.17, 15) is 18.0 Å². The van der Waals surface area contributed by atoms with Crippen molar-refractivity contribution < 1.29 is 22.7 Å². The van der Waals surface area contributed by atoms with Crippen LogP contribution in [0.2, 0.25) is 0 Å². The van der Waals surface area contributed by atoms with Gasteiger partial charge in [0, 0.05) is 19.0 Å². The van der Waals surface area contributed by atoms with Gasteiger partial charge in [-0.05, 0) is 25.0 Å². The summed E-state index contributed by atoms with van der Waals surface area (Å²) in [6.07, 6.45) is -2.48. The van der Waals surface area contributed by atoms with Gasteiger partial charge in [0.1, 0.15) is 5.75 Å². The first-order valence-corrected chi connectivity index (χ1v) is 6.76. The third kappa shape index (κ3) is 5.17. The molecule has 116 valence electrons. The molecule has 0 bridgehead atoms. The number of hydrogen-bond donors (Lipinski definition) is 2. The number of anilines is 1. The number of hydrogen-bond acceptors (Lipinski definition) is 3. The van der Waals surface area contributed by atoms with Gasteiger partial charge in [-0.1, -0.05) is 12.1 Å². The number of halogens is 3. The van der Waals surface area contributed by atoms with E-state index in [-0.39, 0.29) is 17.7 Å². The van der Waals surface area contributed by atoms with Crippen LogP contribution in [-0.4, -0.2) is 31.3 Å². The van der Waals surface area contributed by atoms with Crippen LogP contribution in [0, 0.1) is 0 Å². The number of amides is 1. The summed E-state index contributed by atoms with van der Waals surface area (Å²) in [5, 5.41) is 5.86. The van der Waals surface area contributed by atoms with E-state index in [1.165, 1.54) is 6.07 Å². The zero-order chi connectivity index (χ0) is 15.3. The van der Waals surface area contributed by atoms with Crippen LogP contribution in [0.15, 0.2) is 24.3 Å². The van der Waals surface area contributed by atoms with Gasteiger partial charge in [0.2, 0.25) is 5.91 Å². The van der Waals surface area contributed by atoms with Gasteiger partial charge in [0.25, 0.3) is 0 Å². The molecule has 4 nitrogen and oxygen atoms in total. The zero-order valence-electron chi connectivity index (χ0n) is 11.4. The number of carbonyl (C=O) groups is 1. The normalized spacial score (nSPS) is 19.6. The molecule has 1 atom stereocenters. The Morgan fingerprint density at radius 1 is 1.33 bits per heavy atom. The van der Waals surface area contributed by atoms with Crippen molar-refractivity contribution in [2.75, 3.05) is 18.5 Å². The van der Waals surface area contributed by atoms with E-state index in [0.29, 0.717) is 18.7 Å². The van der Waals surface area contributed by atoms with Crippen LogP contribution in [0.1, 0.15) is 19.3 Å². The maximum Gasteiger partial charge on any atom is 0.422 e. The summed E-state index contributed by atoms with van der Waals surface area (Å²) in [6, 6.07) is 6.33. The van der Waals surface area contributed by atoms with Crippen molar-refractivity contribution in [1.82, 2.24) is 5.32 Å². The number of rotatable bonds is 4. The fourth-order valence-corrected chi connectivity index (χ4v) is 2.19. The minimum Gasteiger partial charge on any atom is -0.482 e. The Balaban J connectivity index is 2.03. The van der Waals surface area contributed by atoms with Crippen LogP contribution < -0.4 is 15.4 Å². The smallest absolute Gasteiger partial charge is 0.422 e. The van der Waals surface area contributed by atoms with E-state index in [1.54, 1.807) is 18.2 Å². The molecule has 0 aromatic heterocycles. The van der Waals surface area contributed by atoms with Crippen molar-refractivity contribution in [3.63, 3.8) is 0 Å². The minimum atomic E-state index is -4.38. The van der Waals surface area contributed by atoms with Crippen molar-refractivity contribution in [2.45, 2.75) is 31.5 Å². The second-order valence-corrected chi connectivity index (χ2v) is 4.94. The van der Waals surface area contributed by atoms with Gasteiger partial charge < -0.3 is 15.4 Å². The van der Waals surface area contributed by atoms with Gasteiger partial charge in [-0.3, -0.25) is 4.79 Å². The monoisotopic (exact) mass is 302 g/mol. The SMILES string of the molecule is O=C1CC(Nc2ccccc2OCC(F)(F)F)CCCN1. The van der Waals surface area contributed by atoms with Crippen molar-refractivity contribution >= 4 is 11.6 Å². The fourth-order valence-electron chi connectivity index (χ4n) is 2.19. The largest absolute Gasteiger partial charge is 0.482 e. The lowest BCUT2D eigenvalue weighted by molar-refractivity contribution is -0.153. The molecule has 21 heavy (non-hydrogen) atoms. The molecule has 1 saturated heterocycles. The van der Waals surface area contributed by atoms with Gasteiger partial charge in [0.15, 0.2) is 6.61 Å².